The first-order valence-corrected chi connectivity index (χ1v) is 12.4. The van der Waals surface area contributed by atoms with Crippen LogP contribution in [-0.4, -0.2) is 41.8 Å². The number of amides is 2. The molecule has 0 aliphatic carbocycles. The number of nitrogens with one attached hydrogen (secondary N) is 1. The summed E-state index contributed by atoms with van der Waals surface area (Å²) in [6.45, 7) is 0.908. The van der Waals surface area contributed by atoms with Crippen LogP contribution in [0.2, 0.25) is 0 Å². The number of nitrogens with two attached hydrogens (primary N) is 2. The Morgan fingerprint density at radius 2 is 1.44 bits per heavy atom. The summed E-state index contributed by atoms with van der Waals surface area (Å²) in [5.41, 5.74) is 13.9. The van der Waals surface area contributed by atoms with Crippen LogP contribution >= 0.6 is 0 Å². The second-order valence-electron chi connectivity index (χ2n) is 9.00. The maximum absolute atomic E-state index is 13.7. The Balaban J connectivity index is 1.30. The van der Waals surface area contributed by atoms with Crippen LogP contribution < -0.4 is 16.8 Å². The van der Waals surface area contributed by atoms with E-state index in [1.807, 2.05) is 91.0 Å². The van der Waals surface area contributed by atoms with Crippen LogP contribution in [0.15, 0.2) is 96.0 Å². The van der Waals surface area contributed by atoms with E-state index in [9.17, 15) is 9.59 Å². The summed E-state index contributed by atoms with van der Waals surface area (Å²) in [5.74, 6) is -0.111. The summed E-state index contributed by atoms with van der Waals surface area (Å²) in [5, 5.41) is 2.91. The molecule has 3 aromatic carbocycles. The van der Waals surface area contributed by atoms with Gasteiger partial charge in [-0.2, -0.15) is 0 Å². The summed E-state index contributed by atoms with van der Waals surface area (Å²) in [4.78, 5) is 32.3. The van der Waals surface area contributed by atoms with Gasteiger partial charge < -0.3 is 16.8 Å². The fourth-order valence-electron chi connectivity index (χ4n) is 4.53. The highest BCUT2D eigenvalue weighted by Crippen LogP contribution is 2.39. The SMILES string of the molecule is NC1=NC(c2ccccc2)(c2ccccc2)C(=O)N1CCCCNC(=O)[C@@H](N)CCc1ccccc1. The molecule has 1 heterocycles. The zero-order chi connectivity index (χ0) is 25.4. The maximum Gasteiger partial charge on any atom is 0.266 e. The Bertz CT molecular complexity index is 1140. The van der Waals surface area contributed by atoms with E-state index in [0.717, 1.165) is 23.1 Å². The third kappa shape index (κ3) is 5.47. The first kappa shape index (κ1) is 25.1. The normalized spacial score (nSPS) is 15.4. The molecule has 186 valence electrons. The van der Waals surface area contributed by atoms with Crippen molar-refractivity contribution in [3.63, 3.8) is 0 Å². The van der Waals surface area contributed by atoms with Crippen molar-refractivity contribution in [1.82, 2.24) is 10.2 Å². The molecule has 3 aromatic rings. The van der Waals surface area contributed by atoms with E-state index >= 15 is 0 Å². The lowest BCUT2D eigenvalue weighted by Crippen LogP contribution is -2.44. The first-order chi connectivity index (χ1) is 17.5. The van der Waals surface area contributed by atoms with Gasteiger partial charge in [-0.05, 0) is 42.4 Å². The molecule has 1 aliphatic rings. The molecule has 1 atom stereocenters. The third-order valence-corrected chi connectivity index (χ3v) is 6.53. The van der Waals surface area contributed by atoms with Crippen molar-refractivity contribution >= 4 is 17.8 Å². The summed E-state index contributed by atoms with van der Waals surface area (Å²) in [6, 6.07) is 28.5. The van der Waals surface area contributed by atoms with E-state index in [1.165, 1.54) is 0 Å². The first-order valence-electron chi connectivity index (χ1n) is 12.4. The Labute approximate surface area is 212 Å². The zero-order valence-corrected chi connectivity index (χ0v) is 20.3. The molecule has 4 rings (SSSR count). The van der Waals surface area contributed by atoms with Gasteiger partial charge in [-0.3, -0.25) is 14.5 Å². The predicted molar refractivity (Wildman–Crippen MR) is 142 cm³/mol. The average molecular weight is 484 g/mol. The van der Waals surface area contributed by atoms with Gasteiger partial charge in [0.2, 0.25) is 5.91 Å². The number of hydrogen-bond acceptors (Lipinski definition) is 5. The lowest BCUT2D eigenvalue weighted by Gasteiger charge is -2.27. The van der Waals surface area contributed by atoms with Crippen molar-refractivity contribution in [2.45, 2.75) is 37.3 Å². The lowest BCUT2D eigenvalue weighted by atomic mass is 9.83. The standard InChI is InChI=1S/C29H33N5O2/c30-25(19-18-22-12-4-1-5-13-22)26(35)32-20-10-11-21-34-27(36)29(33-28(34)31,23-14-6-2-7-15-23)24-16-8-3-9-17-24/h1-9,12-17,25H,10-11,18-21,30H2,(H2,31,33)(H,32,35)/t25-/m0/s1. The van der Waals surface area contributed by atoms with Crippen molar-refractivity contribution in [2.75, 3.05) is 13.1 Å². The second kappa shape index (κ2) is 11.6. The van der Waals surface area contributed by atoms with Crippen molar-refractivity contribution < 1.29 is 9.59 Å². The number of benzene rings is 3. The zero-order valence-electron chi connectivity index (χ0n) is 20.3. The molecule has 0 aromatic heterocycles. The Morgan fingerprint density at radius 3 is 2.03 bits per heavy atom. The summed E-state index contributed by atoms with van der Waals surface area (Å²) >= 11 is 0. The van der Waals surface area contributed by atoms with Gasteiger partial charge in [0.1, 0.15) is 0 Å². The Hall–Kier alpha value is -3.97. The van der Waals surface area contributed by atoms with Gasteiger partial charge in [-0.1, -0.05) is 91.0 Å². The highest BCUT2D eigenvalue weighted by molar-refractivity contribution is 6.09. The number of carbonyl (C=O) groups excluding carboxylic acids is 2. The summed E-state index contributed by atoms with van der Waals surface area (Å²) < 4.78 is 0. The molecule has 36 heavy (non-hydrogen) atoms. The van der Waals surface area contributed by atoms with Crippen molar-refractivity contribution in [1.29, 1.82) is 0 Å². The summed E-state index contributed by atoms with van der Waals surface area (Å²) in [7, 11) is 0. The molecular weight excluding hydrogens is 450 g/mol. The number of unbranched alkanes of at least 4 members (excludes halogenated alkanes) is 1. The molecule has 0 spiro atoms. The number of hydrogen-bond donors (Lipinski definition) is 3. The highest BCUT2D eigenvalue weighted by Gasteiger charge is 2.50. The van der Waals surface area contributed by atoms with E-state index in [1.54, 1.807) is 4.90 Å². The molecule has 0 fully saturated rings. The number of aliphatic imine (C=N–C) groups is 1. The van der Waals surface area contributed by atoms with Crippen LogP contribution in [0.4, 0.5) is 0 Å². The minimum atomic E-state index is -1.19. The molecule has 0 saturated carbocycles. The monoisotopic (exact) mass is 483 g/mol. The number of carbonyl (C=O) groups is 2. The van der Waals surface area contributed by atoms with Crippen LogP contribution in [0, 0.1) is 0 Å². The molecule has 5 N–H and O–H groups in total. The molecule has 0 unspecified atom stereocenters. The van der Waals surface area contributed by atoms with Gasteiger partial charge in [0.15, 0.2) is 11.5 Å². The minimum absolute atomic E-state index is 0.156. The van der Waals surface area contributed by atoms with E-state index in [-0.39, 0.29) is 17.8 Å². The van der Waals surface area contributed by atoms with Crippen molar-refractivity contribution in [3.8, 4) is 0 Å². The highest BCUT2D eigenvalue weighted by atomic mass is 16.2. The maximum atomic E-state index is 13.7. The van der Waals surface area contributed by atoms with Crippen LogP contribution in [0.5, 0.6) is 0 Å². The van der Waals surface area contributed by atoms with E-state index in [2.05, 4.69) is 5.32 Å². The second-order valence-corrected chi connectivity index (χ2v) is 9.00. The number of nitrogens with zero attached hydrogens (tertiary/aromatic N) is 2. The minimum Gasteiger partial charge on any atom is -0.369 e. The average Bonchev–Trinajstić information content (AvgIpc) is 3.18. The lowest BCUT2D eigenvalue weighted by molar-refractivity contribution is -0.130. The quantitative estimate of drug-likeness (QED) is 0.364. The van der Waals surface area contributed by atoms with Gasteiger partial charge in [0.05, 0.1) is 6.04 Å². The molecular formula is C29H33N5O2. The van der Waals surface area contributed by atoms with Gasteiger partial charge in [-0.25, -0.2) is 4.99 Å². The van der Waals surface area contributed by atoms with E-state index in [0.29, 0.717) is 32.4 Å². The van der Waals surface area contributed by atoms with Crippen LogP contribution in [-0.2, 0) is 21.5 Å². The van der Waals surface area contributed by atoms with Crippen LogP contribution in [0.3, 0.4) is 0 Å². The number of aryl methyl sites for hydroxylation is 1. The third-order valence-electron chi connectivity index (χ3n) is 6.53. The molecule has 0 bridgehead atoms. The fraction of sp³-hybridized carbons (Fsp3) is 0.276. The van der Waals surface area contributed by atoms with Crippen molar-refractivity contribution in [2.24, 2.45) is 16.5 Å². The topological polar surface area (TPSA) is 114 Å². The van der Waals surface area contributed by atoms with E-state index < -0.39 is 11.6 Å². The van der Waals surface area contributed by atoms with Gasteiger partial charge in [-0.15, -0.1) is 0 Å². The van der Waals surface area contributed by atoms with Crippen LogP contribution in [0.25, 0.3) is 0 Å². The Kier molecular flexibility index (Phi) is 8.13. The predicted octanol–water partition coefficient (Wildman–Crippen LogP) is 2.94. The molecule has 0 radical (unpaired) electrons. The largest absolute Gasteiger partial charge is 0.369 e. The smallest absolute Gasteiger partial charge is 0.266 e. The molecule has 7 nitrogen and oxygen atoms in total. The molecule has 0 saturated heterocycles. The number of guanidine groups is 1. The van der Waals surface area contributed by atoms with Gasteiger partial charge in [0.25, 0.3) is 5.91 Å². The molecule has 2 amide bonds. The fourth-order valence-corrected chi connectivity index (χ4v) is 4.53. The van der Waals surface area contributed by atoms with Gasteiger partial charge in [0, 0.05) is 13.1 Å². The Morgan fingerprint density at radius 1 is 0.889 bits per heavy atom. The number of rotatable bonds is 11. The van der Waals surface area contributed by atoms with Crippen LogP contribution in [0.1, 0.15) is 36.0 Å². The molecule has 1 aliphatic heterocycles. The van der Waals surface area contributed by atoms with Gasteiger partial charge >= 0.3 is 0 Å². The van der Waals surface area contributed by atoms with Crippen molar-refractivity contribution in [3.05, 3.63) is 108 Å². The molecule has 7 heteroatoms. The van der Waals surface area contributed by atoms with E-state index in [4.69, 9.17) is 16.5 Å². The summed E-state index contributed by atoms with van der Waals surface area (Å²) in [6.07, 6.45) is 2.71.